The van der Waals surface area contributed by atoms with Crippen LogP contribution in [0.25, 0.3) is 0 Å². The van der Waals surface area contributed by atoms with Crippen molar-refractivity contribution in [2.24, 2.45) is 11.7 Å². The smallest absolute Gasteiger partial charge is 0.224 e. The molecule has 1 saturated carbocycles. The minimum Gasteiger partial charge on any atom is -0.394 e. The van der Waals surface area contributed by atoms with Crippen LogP contribution in [0.15, 0.2) is 6.20 Å². The van der Waals surface area contributed by atoms with E-state index in [-0.39, 0.29) is 29.5 Å². The van der Waals surface area contributed by atoms with Crippen molar-refractivity contribution in [1.82, 2.24) is 9.97 Å². The Kier molecular flexibility index (Phi) is 5.50. The van der Waals surface area contributed by atoms with Gasteiger partial charge in [0.15, 0.2) is 5.82 Å². The van der Waals surface area contributed by atoms with Crippen molar-refractivity contribution in [3.05, 3.63) is 6.20 Å². The minimum atomic E-state index is -0.198. The first-order valence-corrected chi connectivity index (χ1v) is 9.41. The molecule has 1 atom stereocenters. The summed E-state index contributed by atoms with van der Waals surface area (Å²) in [6.45, 7) is 4.92. The van der Waals surface area contributed by atoms with E-state index in [1.54, 1.807) is 6.20 Å². The van der Waals surface area contributed by atoms with E-state index in [1.165, 1.54) is 0 Å². The highest BCUT2D eigenvalue weighted by Gasteiger charge is 2.29. The number of rotatable bonds is 5. The van der Waals surface area contributed by atoms with Gasteiger partial charge in [-0.05, 0) is 52.4 Å². The van der Waals surface area contributed by atoms with Crippen LogP contribution in [0.1, 0.15) is 52.4 Å². The lowest BCUT2D eigenvalue weighted by Crippen LogP contribution is -2.40. The van der Waals surface area contributed by atoms with Crippen molar-refractivity contribution in [3.63, 3.8) is 0 Å². The van der Waals surface area contributed by atoms with E-state index in [0.29, 0.717) is 17.5 Å². The Labute approximate surface area is 154 Å². The van der Waals surface area contributed by atoms with Gasteiger partial charge in [0.2, 0.25) is 11.9 Å². The van der Waals surface area contributed by atoms with Crippen LogP contribution >= 0.6 is 0 Å². The summed E-state index contributed by atoms with van der Waals surface area (Å²) in [4.78, 5) is 20.2. The minimum absolute atomic E-state index is 0.00935. The van der Waals surface area contributed by atoms with E-state index in [9.17, 15) is 4.79 Å². The number of nitrogens with two attached hydrogens (primary N) is 2. The van der Waals surface area contributed by atoms with Gasteiger partial charge in [0, 0.05) is 24.6 Å². The van der Waals surface area contributed by atoms with Gasteiger partial charge in [0.25, 0.3) is 0 Å². The topological polar surface area (TPSA) is 128 Å². The Bertz CT molecular complexity index is 643. The van der Waals surface area contributed by atoms with Gasteiger partial charge < -0.3 is 26.8 Å². The molecule has 1 aromatic heterocycles. The van der Waals surface area contributed by atoms with Crippen molar-refractivity contribution in [2.75, 3.05) is 23.0 Å². The zero-order valence-electron chi connectivity index (χ0n) is 15.6. The SMILES string of the molecule is CC1(C)CC(Nc2ncc(N)c(N[C@H]3CC[C@H](C(N)=O)CC3)n2)CCO1. The maximum absolute atomic E-state index is 11.3. The molecule has 2 heterocycles. The average molecular weight is 362 g/mol. The van der Waals surface area contributed by atoms with Crippen LogP contribution in [0.2, 0.25) is 0 Å². The third kappa shape index (κ3) is 4.75. The highest BCUT2D eigenvalue weighted by Crippen LogP contribution is 2.29. The lowest BCUT2D eigenvalue weighted by molar-refractivity contribution is -0.122. The molecule has 0 radical (unpaired) electrons. The molecule has 1 aliphatic heterocycles. The van der Waals surface area contributed by atoms with Crippen molar-refractivity contribution >= 4 is 23.4 Å². The second-order valence-electron chi connectivity index (χ2n) is 8.04. The zero-order chi connectivity index (χ0) is 18.7. The predicted molar refractivity (Wildman–Crippen MR) is 102 cm³/mol. The van der Waals surface area contributed by atoms with Crippen LogP contribution < -0.4 is 22.1 Å². The zero-order valence-corrected chi connectivity index (χ0v) is 15.6. The summed E-state index contributed by atoms with van der Waals surface area (Å²) >= 11 is 0. The monoisotopic (exact) mass is 362 g/mol. The molecule has 2 fully saturated rings. The van der Waals surface area contributed by atoms with E-state index in [2.05, 4.69) is 34.4 Å². The first kappa shape index (κ1) is 18.7. The number of carbonyl (C=O) groups excluding carboxylic acids is 1. The molecule has 144 valence electrons. The van der Waals surface area contributed by atoms with Crippen molar-refractivity contribution in [2.45, 2.75) is 70.1 Å². The van der Waals surface area contributed by atoms with Crippen LogP contribution in [0.3, 0.4) is 0 Å². The van der Waals surface area contributed by atoms with Gasteiger partial charge in [0.1, 0.15) is 0 Å². The van der Waals surface area contributed by atoms with Crippen LogP contribution in [-0.4, -0.2) is 40.2 Å². The Morgan fingerprint density at radius 2 is 1.92 bits per heavy atom. The summed E-state index contributed by atoms with van der Waals surface area (Å²) in [5.74, 6) is 1.02. The highest BCUT2D eigenvalue weighted by molar-refractivity contribution is 5.76. The number of nitrogens with zero attached hydrogens (tertiary/aromatic N) is 2. The number of anilines is 3. The Hall–Kier alpha value is -2.09. The van der Waals surface area contributed by atoms with E-state index in [1.807, 2.05) is 0 Å². The molecule has 0 spiro atoms. The van der Waals surface area contributed by atoms with E-state index >= 15 is 0 Å². The Balaban J connectivity index is 1.60. The number of nitrogens with one attached hydrogen (secondary N) is 2. The van der Waals surface area contributed by atoms with Gasteiger partial charge in [-0.25, -0.2) is 4.98 Å². The van der Waals surface area contributed by atoms with Crippen LogP contribution in [0.4, 0.5) is 17.5 Å². The molecular weight excluding hydrogens is 332 g/mol. The molecule has 0 aromatic carbocycles. The molecule has 8 nitrogen and oxygen atoms in total. The molecule has 2 aliphatic rings. The van der Waals surface area contributed by atoms with Gasteiger partial charge in [-0.15, -0.1) is 0 Å². The first-order chi connectivity index (χ1) is 12.3. The highest BCUT2D eigenvalue weighted by atomic mass is 16.5. The number of primary amides is 1. The molecule has 8 heteroatoms. The number of aromatic nitrogens is 2. The standard InChI is InChI=1S/C18H30N6O2/c1-18(2)9-13(7-8-26-18)23-17-21-10-14(19)16(24-17)22-12-5-3-11(4-6-12)15(20)25/h10-13H,3-9,19H2,1-2H3,(H2,20,25)(H2,21,22,23,24)/t11-,12-,13?. The van der Waals surface area contributed by atoms with E-state index < -0.39 is 0 Å². The Morgan fingerprint density at radius 3 is 2.58 bits per heavy atom. The predicted octanol–water partition coefficient (Wildman–Crippen LogP) is 1.88. The van der Waals surface area contributed by atoms with Crippen LogP contribution in [0, 0.1) is 5.92 Å². The number of hydrogen-bond acceptors (Lipinski definition) is 7. The van der Waals surface area contributed by atoms with Crippen molar-refractivity contribution in [3.8, 4) is 0 Å². The molecule has 1 aromatic rings. The second-order valence-corrected chi connectivity index (χ2v) is 8.04. The van der Waals surface area contributed by atoms with E-state index in [0.717, 1.165) is 45.1 Å². The normalized spacial score (nSPS) is 28.3. The summed E-state index contributed by atoms with van der Waals surface area (Å²) in [5.41, 5.74) is 11.8. The van der Waals surface area contributed by atoms with Gasteiger partial charge >= 0.3 is 0 Å². The van der Waals surface area contributed by atoms with Gasteiger partial charge in [-0.1, -0.05) is 0 Å². The Morgan fingerprint density at radius 1 is 1.19 bits per heavy atom. The lowest BCUT2D eigenvalue weighted by atomic mass is 9.85. The molecule has 3 rings (SSSR count). The van der Waals surface area contributed by atoms with Crippen LogP contribution in [0.5, 0.6) is 0 Å². The number of nitrogen functional groups attached to an aromatic ring is 1. The average Bonchev–Trinajstić information content (AvgIpc) is 2.57. The molecular formula is C18H30N6O2. The van der Waals surface area contributed by atoms with Gasteiger partial charge in [0.05, 0.1) is 17.5 Å². The fourth-order valence-corrected chi connectivity index (χ4v) is 3.83. The van der Waals surface area contributed by atoms with Gasteiger partial charge in [-0.2, -0.15) is 4.98 Å². The molecule has 1 unspecified atom stereocenters. The third-order valence-corrected chi connectivity index (χ3v) is 5.32. The lowest BCUT2D eigenvalue weighted by Gasteiger charge is -2.35. The summed E-state index contributed by atoms with van der Waals surface area (Å²) < 4.78 is 5.76. The summed E-state index contributed by atoms with van der Waals surface area (Å²) in [5, 5.41) is 6.81. The van der Waals surface area contributed by atoms with Crippen molar-refractivity contribution in [1.29, 1.82) is 0 Å². The maximum atomic E-state index is 11.3. The van der Waals surface area contributed by atoms with Gasteiger partial charge in [-0.3, -0.25) is 4.79 Å². The number of hydrogen-bond donors (Lipinski definition) is 4. The molecule has 26 heavy (non-hydrogen) atoms. The van der Waals surface area contributed by atoms with Crippen molar-refractivity contribution < 1.29 is 9.53 Å². The summed E-state index contributed by atoms with van der Waals surface area (Å²) in [6, 6.07) is 0.527. The summed E-state index contributed by atoms with van der Waals surface area (Å²) in [7, 11) is 0. The van der Waals surface area contributed by atoms with E-state index in [4.69, 9.17) is 16.2 Å². The number of ether oxygens (including phenoxy) is 1. The second kappa shape index (κ2) is 7.65. The molecule has 1 aliphatic carbocycles. The fourth-order valence-electron chi connectivity index (χ4n) is 3.83. The van der Waals surface area contributed by atoms with Crippen LogP contribution in [-0.2, 0) is 9.53 Å². The molecule has 1 saturated heterocycles. The first-order valence-electron chi connectivity index (χ1n) is 9.41. The fraction of sp³-hybridized carbons (Fsp3) is 0.722. The maximum Gasteiger partial charge on any atom is 0.224 e. The summed E-state index contributed by atoms with van der Waals surface area (Å²) in [6.07, 6.45) is 6.84. The molecule has 1 amide bonds. The molecule has 0 bridgehead atoms. The largest absolute Gasteiger partial charge is 0.394 e. The third-order valence-electron chi connectivity index (χ3n) is 5.32. The number of amides is 1. The quantitative estimate of drug-likeness (QED) is 0.629. The molecule has 6 N–H and O–H groups in total. The number of carbonyl (C=O) groups is 1.